The van der Waals surface area contributed by atoms with Crippen LogP contribution in [0.15, 0.2) is 84.9 Å². The van der Waals surface area contributed by atoms with E-state index in [-0.39, 0.29) is 19.6 Å². The van der Waals surface area contributed by atoms with E-state index in [0.29, 0.717) is 11.4 Å². The molecule has 0 aliphatic carbocycles. The maximum Gasteiger partial charge on any atom is 0.408 e. The van der Waals surface area contributed by atoms with Crippen molar-refractivity contribution in [1.29, 1.82) is 0 Å². The van der Waals surface area contributed by atoms with Crippen LogP contribution in [0.3, 0.4) is 0 Å². The van der Waals surface area contributed by atoms with Crippen LogP contribution in [0.2, 0.25) is 0 Å². The Morgan fingerprint density at radius 2 is 1.41 bits per heavy atom. The largest absolute Gasteiger partial charge is 0.480 e. The Balaban J connectivity index is 1.68. The topological polar surface area (TPSA) is 103 Å². The molecule has 0 spiro atoms. The summed E-state index contributed by atoms with van der Waals surface area (Å²) in [4.78, 5) is 37.9. The highest BCUT2D eigenvalue weighted by molar-refractivity contribution is 5.97. The van der Waals surface area contributed by atoms with E-state index in [4.69, 9.17) is 14.2 Å². The van der Waals surface area contributed by atoms with E-state index in [9.17, 15) is 14.4 Å². The molecule has 3 aromatic carbocycles. The summed E-state index contributed by atoms with van der Waals surface area (Å²) in [6.45, 7) is 5.06. The van der Waals surface area contributed by atoms with Crippen LogP contribution in [0.5, 0.6) is 5.75 Å². The second-order valence-corrected chi connectivity index (χ2v) is 9.31. The van der Waals surface area contributed by atoms with Crippen LogP contribution >= 0.6 is 0 Å². The molecule has 0 heterocycles. The van der Waals surface area contributed by atoms with Crippen molar-refractivity contribution in [1.82, 2.24) is 5.32 Å². The number of amides is 2. The minimum atomic E-state index is -0.926. The first-order chi connectivity index (χ1) is 17.7. The fourth-order valence-electron chi connectivity index (χ4n) is 3.39. The Morgan fingerprint density at radius 1 is 0.811 bits per heavy atom. The van der Waals surface area contributed by atoms with Crippen LogP contribution in [0, 0.1) is 0 Å². The van der Waals surface area contributed by atoms with E-state index in [1.807, 2.05) is 60.7 Å². The summed E-state index contributed by atoms with van der Waals surface area (Å²) in [5, 5.41) is 5.46. The predicted molar refractivity (Wildman–Crippen MR) is 140 cm³/mol. The van der Waals surface area contributed by atoms with Crippen molar-refractivity contribution in [2.75, 3.05) is 11.9 Å². The lowest BCUT2D eigenvalue weighted by atomic mass is 10.1. The molecule has 8 heteroatoms. The molecule has 1 atom stereocenters. The zero-order valence-electron chi connectivity index (χ0n) is 21.2. The number of alkyl carbamates (subject to hydrolysis) is 1. The minimum absolute atomic E-state index is 0.0771. The van der Waals surface area contributed by atoms with E-state index in [1.165, 1.54) is 0 Å². The van der Waals surface area contributed by atoms with Gasteiger partial charge in [0.05, 0.1) is 5.69 Å². The van der Waals surface area contributed by atoms with Gasteiger partial charge in [-0.25, -0.2) is 9.59 Å². The number of para-hydroxylation sites is 2. The molecule has 0 saturated heterocycles. The second kappa shape index (κ2) is 13.1. The summed E-state index contributed by atoms with van der Waals surface area (Å²) in [5.41, 5.74) is 1.41. The van der Waals surface area contributed by atoms with Gasteiger partial charge in [-0.05, 0) is 44.0 Å². The fraction of sp³-hybridized carbons (Fsp3) is 0.276. The molecule has 0 saturated carbocycles. The lowest BCUT2D eigenvalue weighted by Crippen LogP contribution is -2.45. The summed E-state index contributed by atoms with van der Waals surface area (Å²) in [5.74, 6) is -0.695. The highest BCUT2D eigenvalue weighted by atomic mass is 16.6. The van der Waals surface area contributed by atoms with Crippen molar-refractivity contribution in [3.8, 4) is 5.75 Å². The molecule has 0 aromatic heterocycles. The molecule has 0 bridgehead atoms. The van der Waals surface area contributed by atoms with E-state index < -0.39 is 29.6 Å². The van der Waals surface area contributed by atoms with Crippen molar-refractivity contribution in [2.24, 2.45) is 0 Å². The number of anilines is 1. The van der Waals surface area contributed by atoms with Gasteiger partial charge < -0.3 is 24.8 Å². The average Bonchev–Trinajstić information content (AvgIpc) is 2.87. The average molecular weight is 505 g/mol. The summed E-state index contributed by atoms with van der Waals surface area (Å²) in [6, 6.07) is 24.4. The van der Waals surface area contributed by atoms with Gasteiger partial charge in [0.1, 0.15) is 24.0 Å². The van der Waals surface area contributed by atoms with Gasteiger partial charge in [-0.3, -0.25) is 4.79 Å². The molecule has 3 rings (SSSR count). The number of hydrogen-bond donors (Lipinski definition) is 2. The number of rotatable bonds is 10. The Bertz CT molecular complexity index is 1180. The van der Waals surface area contributed by atoms with Crippen LogP contribution in [0.1, 0.15) is 31.9 Å². The standard InChI is InChI=1S/C29H32N2O6/c1-29(2,3)37-26(32)20-35-25-17-11-10-16-23(25)30-27(33)24(18-21-12-6-4-7-13-21)31-28(34)36-19-22-14-8-5-9-15-22/h4-17,24H,18-20H2,1-3H3,(H,30,33)(H,31,34)/t24-/m1/s1. The molecule has 0 aliphatic heterocycles. The number of carbonyl (C=O) groups is 3. The third-order valence-corrected chi connectivity index (χ3v) is 5.01. The number of esters is 1. The lowest BCUT2D eigenvalue weighted by molar-refractivity contribution is -0.157. The lowest BCUT2D eigenvalue weighted by Gasteiger charge is -2.21. The van der Waals surface area contributed by atoms with Crippen molar-refractivity contribution in [2.45, 2.75) is 45.4 Å². The molecule has 0 radical (unpaired) electrons. The van der Waals surface area contributed by atoms with E-state index in [0.717, 1.165) is 11.1 Å². The smallest absolute Gasteiger partial charge is 0.408 e. The normalized spacial score (nSPS) is 11.6. The third kappa shape index (κ3) is 9.68. The molecule has 2 amide bonds. The number of ether oxygens (including phenoxy) is 3. The van der Waals surface area contributed by atoms with Gasteiger partial charge in [-0.1, -0.05) is 72.8 Å². The van der Waals surface area contributed by atoms with Crippen molar-refractivity contribution in [3.63, 3.8) is 0 Å². The van der Waals surface area contributed by atoms with Crippen LogP contribution in [-0.2, 0) is 32.1 Å². The van der Waals surface area contributed by atoms with Crippen LogP contribution in [0.25, 0.3) is 0 Å². The van der Waals surface area contributed by atoms with Crippen LogP contribution < -0.4 is 15.4 Å². The first-order valence-electron chi connectivity index (χ1n) is 12.0. The van der Waals surface area contributed by atoms with E-state index >= 15 is 0 Å². The van der Waals surface area contributed by atoms with Gasteiger partial charge in [-0.2, -0.15) is 0 Å². The zero-order chi connectivity index (χ0) is 26.7. The fourth-order valence-corrected chi connectivity index (χ4v) is 3.39. The minimum Gasteiger partial charge on any atom is -0.480 e. The van der Waals surface area contributed by atoms with Gasteiger partial charge in [0.2, 0.25) is 5.91 Å². The number of nitrogens with one attached hydrogen (secondary N) is 2. The summed E-state index contributed by atoms with van der Waals surface area (Å²) >= 11 is 0. The first kappa shape index (κ1) is 27.3. The quantitative estimate of drug-likeness (QED) is 0.382. The third-order valence-electron chi connectivity index (χ3n) is 5.01. The van der Waals surface area contributed by atoms with Gasteiger partial charge in [0.15, 0.2) is 6.61 Å². The molecular formula is C29H32N2O6. The van der Waals surface area contributed by atoms with Gasteiger partial charge in [0.25, 0.3) is 0 Å². The molecule has 8 nitrogen and oxygen atoms in total. The highest BCUT2D eigenvalue weighted by Crippen LogP contribution is 2.24. The van der Waals surface area contributed by atoms with Crippen molar-refractivity contribution < 1.29 is 28.6 Å². The summed E-state index contributed by atoms with van der Waals surface area (Å²) < 4.78 is 16.2. The number of benzene rings is 3. The molecule has 194 valence electrons. The maximum absolute atomic E-state index is 13.3. The SMILES string of the molecule is CC(C)(C)OC(=O)COc1ccccc1NC(=O)[C@@H](Cc1ccccc1)NC(=O)OCc1ccccc1. The Hall–Kier alpha value is -4.33. The maximum atomic E-state index is 13.3. The van der Waals surface area contributed by atoms with E-state index in [1.54, 1.807) is 45.0 Å². The Kier molecular flexibility index (Phi) is 9.66. The summed E-state index contributed by atoms with van der Waals surface area (Å²) in [7, 11) is 0. The molecule has 2 N–H and O–H groups in total. The molecule has 0 aliphatic rings. The Labute approximate surface area is 216 Å². The monoisotopic (exact) mass is 504 g/mol. The highest BCUT2D eigenvalue weighted by Gasteiger charge is 2.24. The molecule has 3 aromatic rings. The summed E-state index contributed by atoms with van der Waals surface area (Å²) in [6.07, 6.45) is -0.469. The van der Waals surface area contributed by atoms with Gasteiger partial charge in [0, 0.05) is 6.42 Å². The molecular weight excluding hydrogens is 472 g/mol. The van der Waals surface area contributed by atoms with Crippen molar-refractivity contribution >= 4 is 23.7 Å². The number of carbonyl (C=O) groups excluding carboxylic acids is 3. The molecule has 0 fully saturated rings. The number of hydrogen-bond acceptors (Lipinski definition) is 6. The predicted octanol–water partition coefficient (Wildman–Crippen LogP) is 4.88. The van der Waals surface area contributed by atoms with E-state index in [2.05, 4.69) is 10.6 Å². The second-order valence-electron chi connectivity index (χ2n) is 9.31. The molecule has 0 unspecified atom stereocenters. The molecule has 37 heavy (non-hydrogen) atoms. The van der Waals surface area contributed by atoms with Crippen LogP contribution in [-0.4, -0.2) is 36.2 Å². The zero-order valence-corrected chi connectivity index (χ0v) is 21.2. The van der Waals surface area contributed by atoms with Gasteiger partial charge >= 0.3 is 12.1 Å². The van der Waals surface area contributed by atoms with Gasteiger partial charge in [-0.15, -0.1) is 0 Å². The van der Waals surface area contributed by atoms with Crippen molar-refractivity contribution in [3.05, 3.63) is 96.1 Å². The first-order valence-corrected chi connectivity index (χ1v) is 12.0. The Morgan fingerprint density at radius 3 is 2.05 bits per heavy atom. The van der Waals surface area contributed by atoms with Crippen LogP contribution in [0.4, 0.5) is 10.5 Å².